The Bertz CT molecular complexity index is 413. The van der Waals surface area contributed by atoms with Gasteiger partial charge in [0.25, 0.3) is 5.91 Å². The van der Waals surface area contributed by atoms with Crippen LogP contribution in [0.1, 0.15) is 24.2 Å². The smallest absolute Gasteiger partial charge is 0.253 e. The lowest BCUT2D eigenvalue weighted by atomic mass is 10.2. The van der Waals surface area contributed by atoms with Gasteiger partial charge in [0.1, 0.15) is 0 Å². The topological polar surface area (TPSA) is 44.4 Å². The molecule has 1 aromatic carbocycles. The van der Waals surface area contributed by atoms with Gasteiger partial charge in [-0.25, -0.2) is 0 Å². The van der Waals surface area contributed by atoms with Gasteiger partial charge in [0.15, 0.2) is 5.11 Å². The lowest BCUT2D eigenvalue weighted by Crippen LogP contribution is -2.30. The van der Waals surface area contributed by atoms with Crippen LogP contribution in [0.2, 0.25) is 0 Å². The van der Waals surface area contributed by atoms with Gasteiger partial charge in [-0.05, 0) is 50.3 Å². The number of amides is 1. The SMILES string of the molecule is CCN(CC)C(=O)c1ccc(NC(=S)NC)cc1. The van der Waals surface area contributed by atoms with E-state index in [-0.39, 0.29) is 5.91 Å². The molecule has 0 aliphatic heterocycles. The normalized spacial score (nSPS) is 9.72. The van der Waals surface area contributed by atoms with Crippen molar-refractivity contribution in [1.82, 2.24) is 10.2 Å². The summed E-state index contributed by atoms with van der Waals surface area (Å²) in [6.07, 6.45) is 0. The third-order valence-electron chi connectivity index (χ3n) is 2.67. The van der Waals surface area contributed by atoms with Crippen molar-refractivity contribution < 1.29 is 4.79 Å². The van der Waals surface area contributed by atoms with Gasteiger partial charge in [-0.15, -0.1) is 0 Å². The van der Waals surface area contributed by atoms with Crippen LogP contribution in [0.25, 0.3) is 0 Å². The molecule has 0 unspecified atom stereocenters. The monoisotopic (exact) mass is 265 g/mol. The van der Waals surface area contributed by atoms with E-state index >= 15 is 0 Å². The summed E-state index contributed by atoms with van der Waals surface area (Å²) in [4.78, 5) is 13.9. The van der Waals surface area contributed by atoms with Crippen molar-refractivity contribution in [3.05, 3.63) is 29.8 Å². The van der Waals surface area contributed by atoms with Crippen molar-refractivity contribution in [3.63, 3.8) is 0 Å². The van der Waals surface area contributed by atoms with Crippen LogP contribution in [0.5, 0.6) is 0 Å². The van der Waals surface area contributed by atoms with Crippen LogP contribution in [-0.4, -0.2) is 36.1 Å². The number of nitrogens with zero attached hydrogens (tertiary/aromatic N) is 1. The first-order valence-corrected chi connectivity index (χ1v) is 6.41. The highest BCUT2D eigenvalue weighted by Crippen LogP contribution is 2.11. The average molecular weight is 265 g/mol. The van der Waals surface area contributed by atoms with Crippen LogP contribution in [0.3, 0.4) is 0 Å². The molecule has 1 aromatic rings. The highest BCUT2D eigenvalue weighted by atomic mass is 32.1. The Kier molecular flexibility index (Phi) is 5.58. The summed E-state index contributed by atoms with van der Waals surface area (Å²) in [5.74, 6) is 0.0581. The van der Waals surface area contributed by atoms with E-state index in [9.17, 15) is 4.79 Å². The standard InChI is InChI=1S/C13H19N3OS/c1-4-16(5-2)12(17)10-6-8-11(9-7-10)15-13(18)14-3/h6-9H,4-5H2,1-3H3,(H2,14,15,18). The zero-order chi connectivity index (χ0) is 13.5. The molecule has 2 N–H and O–H groups in total. The summed E-state index contributed by atoms with van der Waals surface area (Å²) in [7, 11) is 1.76. The van der Waals surface area contributed by atoms with E-state index in [1.54, 1.807) is 24.1 Å². The second-order valence-corrected chi connectivity index (χ2v) is 4.17. The first kappa shape index (κ1) is 14.4. The molecule has 0 fully saturated rings. The fourth-order valence-electron chi connectivity index (χ4n) is 1.58. The van der Waals surface area contributed by atoms with Crippen LogP contribution in [0.4, 0.5) is 5.69 Å². The molecule has 1 amide bonds. The minimum Gasteiger partial charge on any atom is -0.366 e. The molecule has 4 nitrogen and oxygen atoms in total. The van der Waals surface area contributed by atoms with Crippen molar-refractivity contribution in [1.29, 1.82) is 0 Å². The molecule has 1 rings (SSSR count). The molecule has 0 aliphatic carbocycles. The molecule has 0 heterocycles. The van der Waals surface area contributed by atoms with E-state index in [4.69, 9.17) is 12.2 Å². The maximum absolute atomic E-state index is 12.1. The molecule has 0 radical (unpaired) electrons. The molecule has 0 bridgehead atoms. The fourth-order valence-corrected chi connectivity index (χ4v) is 1.70. The average Bonchev–Trinajstić information content (AvgIpc) is 2.40. The Hall–Kier alpha value is -1.62. The third-order valence-corrected chi connectivity index (χ3v) is 2.97. The zero-order valence-electron chi connectivity index (χ0n) is 11.0. The number of rotatable bonds is 4. The second kappa shape index (κ2) is 6.96. The van der Waals surface area contributed by atoms with Crippen LogP contribution < -0.4 is 10.6 Å². The Morgan fingerprint density at radius 2 is 1.78 bits per heavy atom. The minimum absolute atomic E-state index is 0.0581. The van der Waals surface area contributed by atoms with E-state index in [1.807, 2.05) is 26.0 Å². The van der Waals surface area contributed by atoms with Gasteiger partial charge in [-0.2, -0.15) is 0 Å². The van der Waals surface area contributed by atoms with Crippen LogP contribution in [0, 0.1) is 0 Å². The number of carbonyl (C=O) groups excluding carboxylic acids is 1. The van der Waals surface area contributed by atoms with Crippen LogP contribution in [-0.2, 0) is 0 Å². The molecule has 98 valence electrons. The molecular weight excluding hydrogens is 246 g/mol. The van der Waals surface area contributed by atoms with E-state index in [2.05, 4.69) is 10.6 Å². The molecule has 0 atom stereocenters. The molecular formula is C13H19N3OS. The fraction of sp³-hybridized carbons (Fsp3) is 0.385. The molecule has 0 saturated carbocycles. The third kappa shape index (κ3) is 3.70. The summed E-state index contributed by atoms with van der Waals surface area (Å²) in [5, 5.41) is 6.40. The van der Waals surface area contributed by atoms with Crippen molar-refractivity contribution in [2.24, 2.45) is 0 Å². The van der Waals surface area contributed by atoms with Crippen molar-refractivity contribution in [2.45, 2.75) is 13.8 Å². The number of hydrogen-bond acceptors (Lipinski definition) is 2. The van der Waals surface area contributed by atoms with Gasteiger partial charge in [0.2, 0.25) is 0 Å². The summed E-state index contributed by atoms with van der Waals surface area (Å²) < 4.78 is 0. The maximum atomic E-state index is 12.1. The number of nitrogens with one attached hydrogen (secondary N) is 2. The quantitative estimate of drug-likeness (QED) is 0.818. The minimum atomic E-state index is 0.0581. The molecule has 5 heteroatoms. The summed E-state index contributed by atoms with van der Waals surface area (Å²) in [5.41, 5.74) is 1.56. The molecule has 0 aromatic heterocycles. The molecule has 0 saturated heterocycles. The van der Waals surface area contributed by atoms with E-state index in [1.165, 1.54) is 0 Å². The number of carbonyl (C=O) groups is 1. The van der Waals surface area contributed by atoms with E-state index in [0.29, 0.717) is 10.7 Å². The molecule has 0 aliphatic rings. The van der Waals surface area contributed by atoms with Gasteiger partial charge < -0.3 is 15.5 Å². The van der Waals surface area contributed by atoms with Crippen molar-refractivity contribution in [2.75, 3.05) is 25.5 Å². The predicted octanol–water partition coefficient (Wildman–Crippen LogP) is 2.08. The Labute approximate surface area is 113 Å². The first-order chi connectivity index (χ1) is 8.62. The number of benzene rings is 1. The summed E-state index contributed by atoms with van der Waals surface area (Å²) in [6, 6.07) is 7.31. The second-order valence-electron chi connectivity index (χ2n) is 3.76. The molecule has 0 spiro atoms. The van der Waals surface area contributed by atoms with E-state index < -0.39 is 0 Å². The molecule has 18 heavy (non-hydrogen) atoms. The number of thiocarbonyl (C=S) groups is 1. The highest BCUT2D eigenvalue weighted by molar-refractivity contribution is 7.80. The Balaban J connectivity index is 2.76. The lowest BCUT2D eigenvalue weighted by Gasteiger charge is -2.18. The van der Waals surface area contributed by atoms with Crippen LogP contribution in [0.15, 0.2) is 24.3 Å². The maximum Gasteiger partial charge on any atom is 0.253 e. The van der Waals surface area contributed by atoms with Crippen molar-refractivity contribution in [3.8, 4) is 0 Å². The predicted molar refractivity (Wildman–Crippen MR) is 79.0 cm³/mol. The van der Waals surface area contributed by atoms with Gasteiger partial charge in [0, 0.05) is 31.4 Å². The summed E-state index contributed by atoms with van der Waals surface area (Å²) in [6.45, 7) is 5.39. The Morgan fingerprint density at radius 1 is 1.22 bits per heavy atom. The Morgan fingerprint density at radius 3 is 2.22 bits per heavy atom. The number of hydrogen-bond donors (Lipinski definition) is 2. The van der Waals surface area contributed by atoms with E-state index in [0.717, 1.165) is 18.8 Å². The largest absolute Gasteiger partial charge is 0.366 e. The highest BCUT2D eigenvalue weighted by Gasteiger charge is 2.11. The van der Waals surface area contributed by atoms with Gasteiger partial charge >= 0.3 is 0 Å². The van der Waals surface area contributed by atoms with Crippen LogP contribution >= 0.6 is 12.2 Å². The van der Waals surface area contributed by atoms with Crippen molar-refractivity contribution >= 4 is 28.9 Å². The lowest BCUT2D eigenvalue weighted by molar-refractivity contribution is 0.0773. The number of anilines is 1. The van der Waals surface area contributed by atoms with Gasteiger partial charge in [0.05, 0.1) is 0 Å². The zero-order valence-corrected chi connectivity index (χ0v) is 11.8. The summed E-state index contributed by atoms with van der Waals surface area (Å²) >= 11 is 5.00. The van der Waals surface area contributed by atoms with Gasteiger partial charge in [-0.1, -0.05) is 0 Å². The van der Waals surface area contributed by atoms with Gasteiger partial charge in [-0.3, -0.25) is 4.79 Å². The first-order valence-electron chi connectivity index (χ1n) is 6.00.